The molecule has 4 rings (SSSR count). The van der Waals surface area contributed by atoms with Gasteiger partial charge in [-0.05, 0) is 55.5 Å². The minimum absolute atomic E-state index is 0.00358. The Morgan fingerprint density at radius 2 is 1.95 bits per heavy atom. The van der Waals surface area contributed by atoms with Crippen LogP contribution in [0.2, 0.25) is 0 Å². The van der Waals surface area contributed by atoms with Gasteiger partial charge in [0, 0.05) is 11.8 Å². The minimum Gasteiger partial charge on any atom is -0.495 e. The van der Waals surface area contributed by atoms with Crippen LogP contribution in [0.3, 0.4) is 0 Å². The van der Waals surface area contributed by atoms with Gasteiger partial charge in [0.2, 0.25) is 0 Å². The first kappa shape index (κ1) is 28.7. The predicted octanol–water partition coefficient (Wildman–Crippen LogP) is 6.91. The highest BCUT2D eigenvalue weighted by atomic mass is 19.4. The highest BCUT2D eigenvalue weighted by Gasteiger charge is 2.34. The number of rotatable bonds is 6. The number of aromatic nitrogens is 4. The van der Waals surface area contributed by atoms with E-state index in [1.165, 1.54) is 23.8 Å². The van der Waals surface area contributed by atoms with E-state index < -0.39 is 17.7 Å². The van der Waals surface area contributed by atoms with Gasteiger partial charge in [0.1, 0.15) is 22.8 Å². The third-order valence-corrected chi connectivity index (χ3v) is 6.24. The lowest BCUT2D eigenvalue weighted by molar-refractivity contribution is -0.141. The molecule has 0 N–H and O–H groups in total. The van der Waals surface area contributed by atoms with Crippen LogP contribution in [0.1, 0.15) is 61.9 Å². The number of halogens is 4. The van der Waals surface area contributed by atoms with Gasteiger partial charge >= 0.3 is 6.18 Å². The van der Waals surface area contributed by atoms with Crippen LogP contribution >= 0.6 is 0 Å². The Bertz CT molecular complexity index is 1390. The third kappa shape index (κ3) is 7.14. The van der Waals surface area contributed by atoms with Crippen molar-refractivity contribution in [3.63, 3.8) is 0 Å². The molecule has 0 aliphatic heterocycles. The summed E-state index contributed by atoms with van der Waals surface area (Å²) >= 11 is 0. The first-order valence-corrected chi connectivity index (χ1v) is 12.2. The summed E-state index contributed by atoms with van der Waals surface area (Å²) < 4.78 is 58.1. The SMILES string of the molecule is C=C/C(C)=C\C(=C)F.COc1cccnc1Cn1c(=O)c(C2CCCCC2)cc2nc(C(F)(F)F)cnc21. The van der Waals surface area contributed by atoms with Crippen LogP contribution in [-0.2, 0) is 12.7 Å². The zero-order valence-electron chi connectivity index (χ0n) is 21.4. The molecule has 0 saturated heterocycles. The number of fused-ring (bicyclic) bond motifs is 1. The van der Waals surface area contributed by atoms with Crippen LogP contribution in [0.4, 0.5) is 17.6 Å². The molecule has 0 bridgehead atoms. The summed E-state index contributed by atoms with van der Waals surface area (Å²) in [5, 5.41) is 0. The van der Waals surface area contributed by atoms with Crippen LogP contribution in [0.15, 0.2) is 72.1 Å². The molecule has 0 unspecified atom stereocenters. The fourth-order valence-electron chi connectivity index (χ4n) is 4.34. The number of pyridine rings is 2. The zero-order valence-corrected chi connectivity index (χ0v) is 21.4. The molecule has 1 aliphatic rings. The number of hydrogen-bond acceptors (Lipinski definition) is 5. The second kappa shape index (κ2) is 12.6. The molecular formula is C28H30F4N4O2. The Balaban J connectivity index is 0.000000436. The van der Waals surface area contributed by atoms with Gasteiger partial charge in [0.25, 0.3) is 5.56 Å². The quantitative estimate of drug-likeness (QED) is 0.256. The summed E-state index contributed by atoms with van der Waals surface area (Å²) in [5.74, 6) is 0.0618. The molecule has 0 aromatic carbocycles. The standard InChI is InChI=1S/C21H21F3N4O2.C7H9F/c1-30-17-8-5-9-25-16(17)12-28-19-15(27-18(11-26-19)21(22,23)24)10-14(20(28)29)13-6-3-2-4-7-13;1-4-6(2)5-7(3)8/h5,8-11,13H,2-4,6-7,12H2,1H3;4-5H,1,3H2,2H3/b;6-5-. The molecule has 1 fully saturated rings. The third-order valence-electron chi connectivity index (χ3n) is 6.24. The Hall–Kier alpha value is -3.82. The van der Waals surface area contributed by atoms with E-state index in [2.05, 4.69) is 28.1 Å². The number of ether oxygens (including phenoxy) is 1. The van der Waals surface area contributed by atoms with Crippen LogP contribution < -0.4 is 10.3 Å². The smallest absolute Gasteiger partial charge is 0.434 e. The van der Waals surface area contributed by atoms with E-state index in [0.717, 1.165) is 37.7 Å². The van der Waals surface area contributed by atoms with Crippen molar-refractivity contribution in [3.8, 4) is 5.75 Å². The van der Waals surface area contributed by atoms with E-state index in [1.807, 2.05) is 0 Å². The number of allylic oxidation sites excluding steroid dienone is 4. The zero-order chi connectivity index (χ0) is 27.9. The van der Waals surface area contributed by atoms with Crippen molar-refractivity contribution in [2.45, 2.75) is 57.7 Å². The van der Waals surface area contributed by atoms with Gasteiger partial charge < -0.3 is 4.74 Å². The molecule has 0 atom stereocenters. The van der Waals surface area contributed by atoms with Gasteiger partial charge in [-0.25, -0.2) is 14.4 Å². The Morgan fingerprint density at radius 1 is 1.24 bits per heavy atom. The number of methoxy groups -OCH3 is 1. The van der Waals surface area contributed by atoms with Gasteiger partial charge in [-0.15, -0.1) is 0 Å². The van der Waals surface area contributed by atoms with Crippen molar-refractivity contribution in [2.75, 3.05) is 7.11 Å². The summed E-state index contributed by atoms with van der Waals surface area (Å²) in [6.45, 7) is 8.28. The van der Waals surface area contributed by atoms with Crippen molar-refractivity contribution < 1.29 is 22.3 Å². The molecule has 1 aliphatic carbocycles. The lowest BCUT2D eigenvalue weighted by Crippen LogP contribution is -2.28. The van der Waals surface area contributed by atoms with Gasteiger partial charge in [-0.3, -0.25) is 14.3 Å². The molecule has 38 heavy (non-hydrogen) atoms. The van der Waals surface area contributed by atoms with Crippen LogP contribution in [0, 0.1) is 0 Å². The van der Waals surface area contributed by atoms with E-state index in [4.69, 9.17) is 4.74 Å². The topological polar surface area (TPSA) is 69.9 Å². The number of nitrogens with zero attached hydrogens (tertiary/aromatic N) is 4. The molecule has 0 spiro atoms. The second-order valence-corrected chi connectivity index (χ2v) is 8.98. The summed E-state index contributed by atoms with van der Waals surface area (Å²) in [7, 11) is 1.50. The van der Waals surface area contributed by atoms with E-state index in [9.17, 15) is 22.4 Å². The van der Waals surface area contributed by atoms with Gasteiger partial charge in [0.05, 0.1) is 19.9 Å². The van der Waals surface area contributed by atoms with Gasteiger partial charge in [-0.2, -0.15) is 13.2 Å². The molecule has 6 nitrogen and oxygen atoms in total. The largest absolute Gasteiger partial charge is 0.495 e. The van der Waals surface area contributed by atoms with E-state index >= 15 is 0 Å². The summed E-state index contributed by atoms with van der Waals surface area (Å²) in [6.07, 6.45) is 5.27. The Labute approximate surface area is 218 Å². The van der Waals surface area contributed by atoms with Crippen LogP contribution in [0.25, 0.3) is 11.2 Å². The maximum absolute atomic E-state index is 13.4. The maximum Gasteiger partial charge on any atom is 0.434 e. The molecule has 10 heteroatoms. The highest BCUT2D eigenvalue weighted by molar-refractivity contribution is 5.71. The van der Waals surface area contributed by atoms with Crippen molar-refractivity contribution >= 4 is 11.2 Å². The van der Waals surface area contributed by atoms with E-state index in [-0.39, 0.29) is 29.2 Å². The van der Waals surface area contributed by atoms with Crippen LogP contribution in [0.5, 0.6) is 5.75 Å². The lowest BCUT2D eigenvalue weighted by atomic mass is 9.84. The van der Waals surface area contributed by atoms with Crippen molar-refractivity contribution in [1.82, 2.24) is 19.5 Å². The first-order chi connectivity index (χ1) is 18.0. The molecular weight excluding hydrogens is 500 g/mol. The number of hydrogen-bond donors (Lipinski definition) is 0. The van der Waals surface area contributed by atoms with Gasteiger partial charge in [-0.1, -0.05) is 38.5 Å². The molecule has 3 heterocycles. The molecule has 0 amide bonds. The average Bonchev–Trinajstić information content (AvgIpc) is 2.90. The predicted molar refractivity (Wildman–Crippen MR) is 139 cm³/mol. The molecule has 1 saturated carbocycles. The first-order valence-electron chi connectivity index (χ1n) is 12.2. The van der Waals surface area contributed by atoms with Crippen molar-refractivity contribution in [1.29, 1.82) is 0 Å². The maximum atomic E-state index is 13.4. The van der Waals surface area contributed by atoms with Crippen molar-refractivity contribution in [2.24, 2.45) is 0 Å². The number of alkyl halides is 3. The second-order valence-electron chi connectivity index (χ2n) is 8.98. The van der Waals surface area contributed by atoms with Crippen molar-refractivity contribution in [3.05, 3.63) is 94.6 Å². The molecule has 3 aromatic rings. The molecule has 202 valence electrons. The highest BCUT2D eigenvalue weighted by Crippen LogP contribution is 2.33. The fourth-order valence-corrected chi connectivity index (χ4v) is 4.34. The monoisotopic (exact) mass is 530 g/mol. The van der Waals surface area contributed by atoms with E-state index in [0.29, 0.717) is 23.2 Å². The lowest BCUT2D eigenvalue weighted by Gasteiger charge is -2.23. The summed E-state index contributed by atoms with van der Waals surface area (Å²) in [5.41, 5.74) is 0.579. The van der Waals surface area contributed by atoms with Gasteiger partial charge in [0.15, 0.2) is 11.3 Å². The summed E-state index contributed by atoms with van der Waals surface area (Å²) in [4.78, 5) is 25.4. The average molecular weight is 531 g/mol. The van der Waals surface area contributed by atoms with Crippen LogP contribution in [-0.4, -0.2) is 26.6 Å². The molecule has 3 aromatic heterocycles. The Kier molecular flexibility index (Phi) is 9.55. The Morgan fingerprint density at radius 3 is 2.53 bits per heavy atom. The fraction of sp³-hybridized carbons (Fsp3) is 0.357. The van der Waals surface area contributed by atoms with E-state index in [1.54, 1.807) is 31.3 Å². The molecule has 0 radical (unpaired) electrons. The summed E-state index contributed by atoms with van der Waals surface area (Å²) in [6, 6.07) is 4.91. The normalized spacial score (nSPS) is 14.5. The minimum atomic E-state index is -4.61.